The predicted octanol–water partition coefficient (Wildman–Crippen LogP) is 3.37. The van der Waals surface area contributed by atoms with Crippen molar-refractivity contribution in [1.82, 2.24) is 15.1 Å². The third-order valence-corrected chi connectivity index (χ3v) is 5.50. The molecule has 0 amide bonds. The van der Waals surface area contributed by atoms with Crippen molar-refractivity contribution in [2.24, 2.45) is 10.9 Å². The van der Waals surface area contributed by atoms with Crippen molar-refractivity contribution in [3.8, 4) is 0 Å². The molecule has 1 heterocycles. The van der Waals surface area contributed by atoms with Gasteiger partial charge in [0.25, 0.3) is 0 Å². The molecule has 0 bridgehead atoms. The highest BCUT2D eigenvalue weighted by molar-refractivity contribution is 14.0. The standard InChI is InChI=1S/C22H36N4O2.HI/c1-5-28-21(27)20-12-15-26(16-13-20)22(23-3)24-14-11-18(2)25(4)17-19-9-7-6-8-10-19;/h6-10,18,20H,5,11-17H2,1-4H3,(H,23,24);1H. The second kappa shape index (κ2) is 13.8. The molecule has 2 rings (SSSR count). The molecule has 1 aromatic carbocycles. The lowest BCUT2D eigenvalue weighted by atomic mass is 9.97. The van der Waals surface area contributed by atoms with Crippen molar-refractivity contribution in [2.75, 3.05) is 40.3 Å². The zero-order valence-electron chi connectivity index (χ0n) is 18.3. The third kappa shape index (κ3) is 8.50. The lowest BCUT2D eigenvalue weighted by Gasteiger charge is -2.33. The van der Waals surface area contributed by atoms with Gasteiger partial charge in [0.1, 0.15) is 0 Å². The van der Waals surface area contributed by atoms with Gasteiger partial charge in [-0.2, -0.15) is 0 Å². The minimum Gasteiger partial charge on any atom is -0.466 e. The van der Waals surface area contributed by atoms with Crippen LogP contribution in [0.25, 0.3) is 0 Å². The summed E-state index contributed by atoms with van der Waals surface area (Å²) in [5.74, 6) is 0.904. The van der Waals surface area contributed by atoms with Gasteiger partial charge in [-0.15, -0.1) is 24.0 Å². The van der Waals surface area contributed by atoms with Gasteiger partial charge < -0.3 is 15.0 Å². The maximum absolute atomic E-state index is 11.9. The highest BCUT2D eigenvalue weighted by atomic mass is 127. The smallest absolute Gasteiger partial charge is 0.309 e. The fourth-order valence-electron chi connectivity index (χ4n) is 3.56. The van der Waals surface area contributed by atoms with E-state index < -0.39 is 0 Å². The molecular formula is C22H37IN4O2. The van der Waals surface area contributed by atoms with Gasteiger partial charge in [0, 0.05) is 39.3 Å². The van der Waals surface area contributed by atoms with E-state index in [2.05, 4.69) is 64.4 Å². The molecule has 1 fully saturated rings. The van der Waals surface area contributed by atoms with Crippen LogP contribution < -0.4 is 5.32 Å². The van der Waals surface area contributed by atoms with Gasteiger partial charge in [0.05, 0.1) is 12.5 Å². The number of aliphatic imine (C=N–C) groups is 1. The highest BCUT2D eigenvalue weighted by Crippen LogP contribution is 2.18. The van der Waals surface area contributed by atoms with E-state index in [0.29, 0.717) is 12.6 Å². The Morgan fingerprint density at radius 1 is 1.31 bits per heavy atom. The number of likely N-dealkylation sites (tertiary alicyclic amines) is 1. The topological polar surface area (TPSA) is 57.2 Å². The summed E-state index contributed by atoms with van der Waals surface area (Å²) in [5, 5.41) is 3.49. The number of piperidine rings is 1. The van der Waals surface area contributed by atoms with E-state index >= 15 is 0 Å². The molecule has 1 aliphatic rings. The second-order valence-corrected chi connectivity index (χ2v) is 7.53. The van der Waals surface area contributed by atoms with Crippen LogP contribution in [0.15, 0.2) is 35.3 Å². The number of guanidine groups is 1. The number of hydrogen-bond donors (Lipinski definition) is 1. The molecule has 1 saturated heterocycles. The molecule has 0 saturated carbocycles. The fourth-order valence-corrected chi connectivity index (χ4v) is 3.56. The minimum absolute atomic E-state index is 0. The van der Waals surface area contributed by atoms with Crippen LogP contribution in [-0.4, -0.2) is 68.1 Å². The van der Waals surface area contributed by atoms with Crippen molar-refractivity contribution >= 4 is 35.9 Å². The van der Waals surface area contributed by atoms with Gasteiger partial charge in [-0.1, -0.05) is 30.3 Å². The molecular weight excluding hydrogens is 479 g/mol. The molecule has 1 aromatic rings. The first kappa shape index (κ1) is 25.7. The van der Waals surface area contributed by atoms with Crippen LogP contribution in [0.4, 0.5) is 0 Å². The van der Waals surface area contributed by atoms with E-state index in [1.54, 1.807) is 0 Å². The number of carbonyl (C=O) groups excluding carboxylic acids is 1. The zero-order chi connectivity index (χ0) is 20.4. The maximum atomic E-state index is 11.9. The number of nitrogens with zero attached hydrogens (tertiary/aromatic N) is 3. The molecule has 164 valence electrons. The van der Waals surface area contributed by atoms with Crippen LogP contribution in [0.2, 0.25) is 0 Å². The number of nitrogens with one attached hydrogen (secondary N) is 1. The van der Waals surface area contributed by atoms with Gasteiger partial charge in [-0.25, -0.2) is 0 Å². The van der Waals surface area contributed by atoms with Crippen LogP contribution in [0.5, 0.6) is 0 Å². The Labute approximate surface area is 193 Å². The normalized spacial score (nSPS) is 16.3. The van der Waals surface area contributed by atoms with Crippen molar-refractivity contribution in [2.45, 2.75) is 45.7 Å². The quantitative estimate of drug-likeness (QED) is 0.249. The van der Waals surface area contributed by atoms with Crippen LogP contribution in [0.1, 0.15) is 38.7 Å². The zero-order valence-corrected chi connectivity index (χ0v) is 20.6. The first-order valence-corrected chi connectivity index (χ1v) is 10.4. The highest BCUT2D eigenvalue weighted by Gasteiger charge is 2.27. The van der Waals surface area contributed by atoms with Gasteiger partial charge >= 0.3 is 5.97 Å². The Bertz CT molecular complexity index is 618. The summed E-state index contributed by atoms with van der Waals surface area (Å²) < 4.78 is 5.15. The molecule has 0 aliphatic carbocycles. The number of ether oxygens (including phenoxy) is 1. The van der Waals surface area contributed by atoms with Crippen molar-refractivity contribution in [1.29, 1.82) is 0 Å². The van der Waals surface area contributed by atoms with Gasteiger partial charge in [0.2, 0.25) is 0 Å². The Hall–Kier alpha value is -1.35. The number of carbonyl (C=O) groups is 1. The molecule has 1 aliphatic heterocycles. The molecule has 1 unspecified atom stereocenters. The van der Waals surface area contributed by atoms with E-state index in [1.165, 1.54) is 5.56 Å². The third-order valence-electron chi connectivity index (χ3n) is 5.50. The van der Waals surface area contributed by atoms with E-state index in [9.17, 15) is 4.79 Å². The molecule has 1 atom stereocenters. The molecule has 6 nitrogen and oxygen atoms in total. The molecule has 1 N–H and O–H groups in total. The summed E-state index contributed by atoms with van der Waals surface area (Å²) >= 11 is 0. The SMILES string of the molecule is CCOC(=O)C1CCN(C(=NC)NCCC(C)N(C)Cc2ccccc2)CC1.I. The van der Waals surface area contributed by atoms with Gasteiger partial charge in [-0.05, 0) is 45.7 Å². The first-order valence-electron chi connectivity index (χ1n) is 10.4. The van der Waals surface area contributed by atoms with E-state index in [0.717, 1.165) is 51.4 Å². The van der Waals surface area contributed by atoms with Crippen LogP contribution in [-0.2, 0) is 16.1 Å². The summed E-state index contributed by atoms with van der Waals surface area (Å²) in [6.07, 6.45) is 2.70. The molecule has 0 aromatic heterocycles. The van der Waals surface area contributed by atoms with Crippen molar-refractivity contribution in [3.05, 3.63) is 35.9 Å². The number of esters is 1. The summed E-state index contributed by atoms with van der Waals surface area (Å²) in [5.41, 5.74) is 1.34. The molecule has 29 heavy (non-hydrogen) atoms. The van der Waals surface area contributed by atoms with Crippen LogP contribution in [0.3, 0.4) is 0 Å². The monoisotopic (exact) mass is 516 g/mol. The number of benzene rings is 1. The molecule has 0 radical (unpaired) electrons. The first-order chi connectivity index (χ1) is 13.5. The number of hydrogen-bond acceptors (Lipinski definition) is 4. The average molecular weight is 516 g/mol. The van der Waals surface area contributed by atoms with Gasteiger partial charge in [0.15, 0.2) is 5.96 Å². The van der Waals surface area contributed by atoms with Gasteiger partial charge in [-0.3, -0.25) is 14.7 Å². The number of rotatable bonds is 8. The minimum atomic E-state index is -0.0552. The van der Waals surface area contributed by atoms with E-state index in [4.69, 9.17) is 4.74 Å². The van der Waals surface area contributed by atoms with Crippen LogP contribution in [0, 0.1) is 5.92 Å². The Morgan fingerprint density at radius 2 is 1.97 bits per heavy atom. The van der Waals surface area contributed by atoms with Crippen molar-refractivity contribution in [3.63, 3.8) is 0 Å². The Kier molecular flexibility index (Phi) is 12.2. The molecule has 7 heteroatoms. The summed E-state index contributed by atoms with van der Waals surface area (Å²) in [6, 6.07) is 11.0. The maximum Gasteiger partial charge on any atom is 0.309 e. The van der Waals surface area contributed by atoms with E-state index in [1.807, 2.05) is 14.0 Å². The van der Waals surface area contributed by atoms with Crippen molar-refractivity contribution < 1.29 is 9.53 Å². The lowest BCUT2D eigenvalue weighted by molar-refractivity contribution is -0.149. The molecule has 0 spiro atoms. The fraction of sp³-hybridized carbons (Fsp3) is 0.636. The van der Waals surface area contributed by atoms with Crippen LogP contribution >= 0.6 is 24.0 Å². The number of halogens is 1. The lowest BCUT2D eigenvalue weighted by Crippen LogP contribution is -2.47. The average Bonchev–Trinajstić information content (AvgIpc) is 2.72. The summed E-state index contributed by atoms with van der Waals surface area (Å²) in [4.78, 5) is 20.9. The summed E-state index contributed by atoms with van der Waals surface area (Å²) in [6.45, 7) is 8.09. The Balaban J connectivity index is 0.00000420. The Morgan fingerprint density at radius 3 is 2.55 bits per heavy atom. The largest absolute Gasteiger partial charge is 0.466 e. The predicted molar refractivity (Wildman–Crippen MR) is 130 cm³/mol. The second-order valence-electron chi connectivity index (χ2n) is 7.53. The van der Waals surface area contributed by atoms with E-state index in [-0.39, 0.29) is 35.9 Å². The summed E-state index contributed by atoms with van der Waals surface area (Å²) in [7, 11) is 4.00.